The molecule has 0 aliphatic rings. The van der Waals surface area contributed by atoms with E-state index in [0.717, 1.165) is 0 Å². The number of hydrogen-bond acceptors (Lipinski definition) is 6. The van der Waals surface area contributed by atoms with Crippen molar-refractivity contribution < 1.29 is 40.2 Å². The highest BCUT2D eigenvalue weighted by Crippen LogP contribution is 2.17. The second-order valence-corrected chi connectivity index (χ2v) is 1.95. The Morgan fingerprint density at radius 3 is 1.00 bits per heavy atom. The fourth-order valence-electron chi connectivity index (χ4n) is 0.298. The minimum atomic E-state index is -4.15. The maximum Gasteiger partial charge on any atom is 0.370 e. The van der Waals surface area contributed by atoms with Crippen molar-refractivity contribution in [2.45, 2.75) is 11.6 Å². The number of carboxylic acid groups (broad SMARTS) is 2. The van der Waals surface area contributed by atoms with Crippen LogP contribution in [0.15, 0.2) is 0 Å². The molecule has 0 unspecified atom stereocenters. The summed E-state index contributed by atoms with van der Waals surface area (Å²) in [4.78, 5) is 19.8. The second-order valence-electron chi connectivity index (χ2n) is 1.95. The molecule has 0 amide bonds. The third-order valence-electron chi connectivity index (χ3n) is 1.08. The highest BCUT2D eigenvalue weighted by atomic mass is 16.6. The summed E-state index contributed by atoms with van der Waals surface area (Å²) in [6, 6.07) is 0. The number of aliphatic carboxylic acids is 2. The van der Waals surface area contributed by atoms with E-state index in [4.69, 9.17) is 30.6 Å². The van der Waals surface area contributed by atoms with Crippen molar-refractivity contribution in [2.24, 2.45) is 0 Å². The maximum absolute atomic E-state index is 9.89. The highest BCUT2D eigenvalue weighted by molar-refractivity contribution is 5.87. The second kappa shape index (κ2) is 2.68. The van der Waals surface area contributed by atoms with Gasteiger partial charge in [0, 0.05) is 0 Å². The lowest BCUT2D eigenvalue weighted by Crippen LogP contribution is -2.63. The van der Waals surface area contributed by atoms with Crippen LogP contribution in [0.3, 0.4) is 0 Å². The van der Waals surface area contributed by atoms with Crippen LogP contribution in [0.4, 0.5) is 0 Å². The molecule has 8 heteroatoms. The molecule has 0 atom stereocenters. The van der Waals surface area contributed by atoms with Gasteiger partial charge in [-0.2, -0.15) is 0 Å². The lowest BCUT2D eigenvalue weighted by Gasteiger charge is -2.26. The zero-order valence-electron chi connectivity index (χ0n) is 5.50. The molecule has 0 aliphatic heterocycles. The van der Waals surface area contributed by atoms with Gasteiger partial charge in [-0.25, -0.2) is 9.59 Å². The van der Waals surface area contributed by atoms with E-state index < -0.39 is 23.5 Å². The van der Waals surface area contributed by atoms with Gasteiger partial charge in [-0.3, -0.25) is 0 Å². The summed E-state index contributed by atoms with van der Waals surface area (Å²) in [5, 5.41) is 49.3. The van der Waals surface area contributed by atoms with E-state index in [1.807, 2.05) is 0 Å². The molecule has 0 aromatic rings. The molecule has 0 aromatic carbocycles. The van der Waals surface area contributed by atoms with Crippen LogP contribution < -0.4 is 0 Å². The van der Waals surface area contributed by atoms with Crippen LogP contribution in [0.25, 0.3) is 0 Å². The van der Waals surface area contributed by atoms with E-state index in [-0.39, 0.29) is 0 Å². The summed E-state index contributed by atoms with van der Waals surface area (Å²) in [5.41, 5.74) is 0. The van der Waals surface area contributed by atoms with Gasteiger partial charge in [0.25, 0.3) is 0 Å². The predicted molar refractivity (Wildman–Crippen MR) is 29.6 cm³/mol. The summed E-state index contributed by atoms with van der Waals surface area (Å²) in [7, 11) is 0. The van der Waals surface area contributed by atoms with Gasteiger partial charge in [0.2, 0.25) is 0 Å². The van der Waals surface area contributed by atoms with E-state index >= 15 is 0 Å². The third kappa shape index (κ3) is 1.36. The molecule has 8 nitrogen and oxygen atoms in total. The van der Waals surface area contributed by atoms with Gasteiger partial charge in [-0.1, -0.05) is 0 Å². The van der Waals surface area contributed by atoms with Gasteiger partial charge < -0.3 is 30.6 Å². The number of aliphatic hydroxyl groups is 4. The Kier molecular flexibility index (Phi) is 2.41. The molecule has 0 fully saturated rings. The highest BCUT2D eigenvalue weighted by Gasteiger charge is 2.60. The summed E-state index contributed by atoms with van der Waals surface area (Å²) >= 11 is 0. The fourth-order valence-corrected chi connectivity index (χ4v) is 0.298. The molecule has 0 bridgehead atoms. The minimum Gasteiger partial charge on any atom is -0.477 e. The quantitative estimate of drug-likeness (QED) is 0.246. The van der Waals surface area contributed by atoms with E-state index in [2.05, 4.69) is 0 Å². The summed E-state index contributed by atoms with van der Waals surface area (Å²) in [6.07, 6.45) is 0. The molecular formula is C4H6O8. The molecule has 0 aliphatic carbocycles. The summed E-state index contributed by atoms with van der Waals surface area (Å²) < 4.78 is 0. The van der Waals surface area contributed by atoms with Crippen molar-refractivity contribution in [2.75, 3.05) is 0 Å². The third-order valence-corrected chi connectivity index (χ3v) is 1.08. The Morgan fingerprint density at radius 1 is 0.750 bits per heavy atom. The standard InChI is InChI=1S/C4H6O8/c5-1(6)3(9,10)4(11,12)2(7)8/h9-12H,(H,5,6)(H,7,8). The van der Waals surface area contributed by atoms with E-state index in [0.29, 0.717) is 0 Å². The Labute approximate surface area is 64.9 Å². The van der Waals surface area contributed by atoms with Gasteiger partial charge in [0.1, 0.15) is 0 Å². The lowest BCUT2D eigenvalue weighted by molar-refractivity contribution is -0.333. The van der Waals surface area contributed by atoms with Crippen LogP contribution in [0.1, 0.15) is 0 Å². The Morgan fingerprint density at radius 2 is 0.917 bits per heavy atom. The lowest BCUT2D eigenvalue weighted by atomic mass is 10.1. The Hall–Kier alpha value is -1.22. The van der Waals surface area contributed by atoms with Crippen LogP contribution >= 0.6 is 0 Å². The van der Waals surface area contributed by atoms with Gasteiger partial charge in [0.05, 0.1) is 0 Å². The molecule has 0 saturated heterocycles. The van der Waals surface area contributed by atoms with Crippen LogP contribution in [-0.4, -0.2) is 54.2 Å². The maximum atomic E-state index is 9.89. The molecule has 0 saturated carbocycles. The van der Waals surface area contributed by atoms with E-state index in [9.17, 15) is 9.59 Å². The van der Waals surface area contributed by atoms with Crippen molar-refractivity contribution in [3.63, 3.8) is 0 Å². The topological polar surface area (TPSA) is 156 Å². The average molecular weight is 182 g/mol. The normalized spacial score (nSPS) is 12.7. The van der Waals surface area contributed by atoms with Crippen molar-refractivity contribution in [3.05, 3.63) is 0 Å². The van der Waals surface area contributed by atoms with Gasteiger partial charge in [-0.05, 0) is 0 Å². The SMILES string of the molecule is O=C(O)C(O)(O)C(O)(O)C(=O)O. The first-order chi connectivity index (χ1) is 5.14. The van der Waals surface area contributed by atoms with Crippen LogP contribution in [0.2, 0.25) is 0 Å². The molecule has 70 valence electrons. The molecule has 12 heavy (non-hydrogen) atoms. The van der Waals surface area contributed by atoms with Gasteiger partial charge in [0.15, 0.2) is 0 Å². The minimum absolute atomic E-state index is 2.49. The van der Waals surface area contributed by atoms with Crippen LogP contribution in [-0.2, 0) is 9.59 Å². The van der Waals surface area contributed by atoms with Crippen LogP contribution in [0.5, 0.6) is 0 Å². The zero-order chi connectivity index (χ0) is 10.2. The van der Waals surface area contributed by atoms with Crippen molar-refractivity contribution >= 4 is 11.9 Å². The molecule has 0 rings (SSSR count). The zero-order valence-corrected chi connectivity index (χ0v) is 5.50. The molecule has 0 radical (unpaired) electrons. The van der Waals surface area contributed by atoms with Crippen molar-refractivity contribution in [3.8, 4) is 0 Å². The molecule has 0 aromatic heterocycles. The molecule has 0 spiro atoms. The average Bonchev–Trinajstić information content (AvgIpc) is 1.86. The molecule has 0 heterocycles. The van der Waals surface area contributed by atoms with E-state index in [1.54, 1.807) is 0 Å². The van der Waals surface area contributed by atoms with Gasteiger partial charge in [-0.15, -0.1) is 0 Å². The van der Waals surface area contributed by atoms with Crippen molar-refractivity contribution in [1.82, 2.24) is 0 Å². The molecular weight excluding hydrogens is 176 g/mol. The van der Waals surface area contributed by atoms with Gasteiger partial charge >= 0.3 is 23.5 Å². The number of carboxylic acids is 2. The van der Waals surface area contributed by atoms with Crippen molar-refractivity contribution in [1.29, 1.82) is 0 Å². The number of carbonyl (C=O) groups is 2. The first-order valence-corrected chi connectivity index (χ1v) is 2.50. The Bertz CT molecular complexity index is 191. The Balaban J connectivity index is 5.01. The summed E-state index contributed by atoms with van der Waals surface area (Å²) in [5.74, 6) is -13.3. The predicted octanol–water partition coefficient (Wildman–Crippen LogP) is -3.48. The monoisotopic (exact) mass is 182 g/mol. The number of hydrogen-bond donors (Lipinski definition) is 6. The first-order valence-electron chi connectivity index (χ1n) is 2.50. The first kappa shape index (κ1) is 10.8. The number of rotatable bonds is 3. The largest absolute Gasteiger partial charge is 0.477 e. The van der Waals surface area contributed by atoms with E-state index in [1.165, 1.54) is 0 Å². The van der Waals surface area contributed by atoms with Crippen LogP contribution in [0, 0.1) is 0 Å². The fraction of sp³-hybridized carbons (Fsp3) is 0.500. The smallest absolute Gasteiger partial charge is 0.370 e. The molecule has 6 N–H and O–H groups in total. The summed E-state index contributed by atoms with van der Waals surface area (Å²) in [6.45, 7) is 0.